The first kappa shape index (κ1) is 19.8. The molecule has 148 valence electrons. The smallest absolute Gasteiger partial charge is 0.271 e. The van der Waals surface area contributed by atoms with E-state index in [1.807, 2.05) is 0 Å². The molecule has 2 N–H and O–H groups in total. The molecular formula is C18H20N4O5S. The molecule has 1 amide bonds. The second-order valence-electron chi connectivity index (χ2n) is 6.35. The van der Waals surface area contributed by atoms with Gasteiger partial charge in [-0.3, -0.25) is 14.9 Å². The quantitative estimate of drug-likeness (QED) is 0.540. The van der Waals surface area contributed by atoms with Crippen LogP contribution in [0.2, 0.25) is 0 Å². The average molecular weight is 404 g/mol. The van der Waals surface area contributed by atoms with Crippen molar-refractivity contribution in [1.82, 2.24) is 4.31 Å². The maximum atomic E-state index is 12.6. The highest BCUT2D eigenvalue weighted by molar-refractivity contribution is 7.89. The zero-order valence-electron chi connectivity index (χ0n) is 15.0. The molecule has 28 heavy (non-hydrogen) atoms. The van der Waals surface area contributed by atoms with Gasteiger partial charge in [0.15, 0.2) is 0 Å². The summed E-state index contributed by atoms with van der Waals surface area (Å²) >= 11 is 0. The number of nitro benzene ring substituents is 1. The molecule has 1 aliphatic heterocycles. The molecule has 2 aromatic carbocycles. The Kier molecular flexibility index (Phi) is 5.90. The SMILES string of the molecule is O=C(CNc1cccc([N+](=O)[O-])c1)Nc1cccc(S(=O)(=O)N2CCCC2)c1. The van der Waals surface area contributed by atoms with Crippen LogP contribution in [-0.2, 0) is 14.8 Å². The van der Waals surface area contributed by atoms with E-state index in [-0.39, 0.29) is 17.1 Å². The number of hydrogen-bond donors (Lipinski definition) is 2. The summed E-state index contributed by atoms with van der Waals surface area (Å²) in [6.07, 6.45) is 1.69. The summed E-state index contributed by atoms with van der Waals surface area (Å²) in [6.45, 7) is 0.891. The van der Waals surface area contributed by atoms with Crippen LogP contribution in [0.15, 0.2) is 53.4 Å². The maximum absolute atomic E-state index is 12.6. The van der Waals surface area contributed by atoms with E-state index >= 15 is 0 Å². The van der Waals surface area contributed by atoms with Gasteiger partial charge in [0.1, 0.15) is 0 Å². The molecule has 0 aliphatic carbocycles. The van der Waals surface area contributed by atoms with Crippen LogP contribution < -0.4 is 10.6 Å². The van der Waals surface area contributed by atoms with Gasteiger partial charge in [0.05, 0.1) is 16.4 Å². The molecule has 3 rings (SSSR count). The molecule has 1 heterocycles. The molecule has 0 atom stereocenters. The average Bonchev–Trinajstić information content (AvgIpc) is 3.22. The minimum absolute atomic E-state index is 0.0785. The Morgan fingerprint density at radius 2 is 1.75 bits per heavy atom. The summed E-state index contributed by atoms with van der Waals surface area (Å²) in [4.78, 5) is 22.6. The number of nitrogens with zero attached hydrogens (tertiary/aromatic N) is 2. The Balaban J connectivity index is 1.63. The van der Waals surface area contributed by atoms with Crippen LogP contribution in [0.5, 0.6) is 0 Å². The van der Waals surface area contributed by atoms with Gasteiger partial charge in [-0.05, 0) is 37.1 Å². The number of carbonyl (C=O) groups excluding carboxylic acids is 1. The molecule has 0 spiro atoms. The summed E-state index contributed by atoms with van der Waals surface area (Å²) < 4.78 is 26.7. The van der Waals surface area contributed by atoms with Crippen LogP contribution >= 0.6 is 0 Å². The van der Waals surface area contributed by atoms with Gasteiger partial charge >= 0.3 is 0 Å². The van der Waals surface area contributed by atoms with Crippen molar-refractivity contribution in [2.45, 2.75) is 17.7 Å². The number of anilines is 2. The second kappa shape index (κ2) is 8.36. The standard InChI is InChI=1S/C18H20N4O5S/c23-18(13-19-14-5-3-7-16(11-14)22(24)25)20-15-6-4-8-17(12-15)28(26,27)21-9-1-2-10-21/h3-8,11-12,19H,1-2,9-10,13H2,(H,20,23). The minimum Gasteiger partial charge on any atom is -0.376 e. The van der Waals surface area contributed by atoms with Crippen molar-refractivity contribution in [1.29, 1.82) is 0 Å². The van der Waals surface area contributed by atoms with Crippen LogP contribution in [0.3, 0.4) is 0 Å². The third kappa shape index (κ3) is 4.65. The summed E-state index contributed by atoms with van der Waals surface area (Å²) in [5, 5.41) is 16.2. The summed E-state index contributed by atoms with van der Waals surface area (Å²) in [5.74, 6) is -0.401. The fourth-order valence-corrected chi connectivity index (χ4v) is 4.49. The topological polar surface area (TPSA) is 122 Å². The van der Waals surface area contributed by atoms with Gasteiger partial charge < -0.3 is 10.6 Å². The molecule has 9 nitrogen and oxygen atoms in total. The van der Waals surface area contributed by atoms with Gasteiger partial charge in [-0.15, -0.1) is 0 Å². The number of amides is 1. The lowest BCUT2D eigenvalue weighted by Gasteiger charge is -2.16. The van der Waals surface area contributed by atoms with Crippen LogP contribution in [0, 0.1) is 10.1 Å². The van der Waals surface area contributed by atoms with Gasteiger partial charge in [-0.25, -0.2) is 8.42 Å². The zero-order valence-corrected chi connectivity index (χ0v) is 15.8. The summed E-state index contributed by atoms with van der Waals surface area (Å²) in [6, 6.07) is 11.9. The first-order valence-corrected chi connectivity index (χ1v) is 10.2. The van der Waals surface area contributed by atoms with E-state index in [1.54, 1.807) is 18.2 Å². The Morgan fingerprint density at radius 3 is 2.46 bits per heavy atom. The normalized spacial score (nSPS) is 14.6. The Hall–Kier alpha value is -2.98. The highest BCUT2D eigenvalue weighted by Crippen LogP contribution is 2.23. The lowest BCUT2D eigenvalue weighted by atomic mass is 10.3. The number of sulfonamides is 1. The summed E-state index contributed by atoms with van der Waals surface area (Å²) in [7, 11) is -3.56. The van der Waals surface area contributed by atoms with Crippen molar-refractivity contribution in [2.24, 2.45) is 0 Å². The molecule has 0 saturated carbocycles. The number of rotatable bonds is 7. The van der Waals surface area contributed by atoms with Crippen molar-refractivity contribution >= 4 is 33.0 Å². The van der Waals surface area contributed by atoms with E-state index < -0.39 is 20.9 Å². The van der Waals surface area contributed by atoms with E-state index in [2.05, 4.69) is 10.6 Å². The molecule has 2 aromatic rings. The third-order valence-electron chi connectivity index (χ3n) is 4.33. The predicted molar refractivity (Wildman–Crippen MR) is 105 cm³/mol. The van der Waals surface area contributed by atoms with Gasteiger partial charge in [-0.1, -0.05) is 12.1 Å². The fourth-order valence-electron chi connectivity index (χ4n) is 2.93. The number of nitrogens with one attached hydrogen (secondary N) is 2. The molecule has 0 aromatic heterocycles. The molecular weight excluding hydrogens is 384 g/mol. The number of benzene rings is 2. The molecule has 0 bridgehead atoms. The lowest BCUT2D eigenvalue weighted by Crippen LogP contribution is -2.28. The zero-order chi connectivity index (χ0) is 20.1. The molecule has 10 heteroatoms. The first-order chi connectivity index (χ1) is 13.4. The second-order valence-corrected chi connectivity index (χ2v) is 8.29. The third-order valence-corrected chi connectivity index (χ3v) is 6.23. The predicted octanol–water partition coefficient (Wildman–Crippen LogP) is 2.43. The molecule has 1 aliphatic rings. The Labute approximate surface area is 162 Å². The van der Waals surface area contributed by atoms with Crippen LogP contribution in [0.4, 0.5) is 17.1 Å². The Bertz CT molecular complexity index is 987. The molecule has 1 saturated heterocycles. The van der Waals surface area contributed by atoms with Crippen LogP contribution in [-0.4, -0.2) is 43.2 Å². The summed E-state index contributed by atoms with van der Waals surface area (Å²) in [5.41, 5.74) is 0.728. The van der Waals surface area contributed by atoms with E-state index in [4.69, 9.17) is 0 Å². The fraction of sp³-hybridized carbons (Fsp3) is 0.278. The highest BCUT2D eigenvalue weighted by atomic mass is 32.2. The largest absolute Gasteiger partial charge is 0.376 e. The van der Waals surface area contributed by atoms with Gasteiger partial charge in [0, 0.05) is 36.6 Å². The van der Waals surface area contributed by atoms with Crippen LogP contribution in [0.25, 0.3) is 0 Å². The van der Waals surface area contributed by atoms with Gasteiger partial charge in [0.2, 0.25) is 15.9 Å². The minimum atomic E-state index is -3.56. The van der Waals surface area contributed by atoms with Crippen molar-refractivity contribution in [3.8, 4) is 0 Å². The number of nitro groups is 1. The molecule has 0 unspecified atom stereocenters. The van der Waals surface area contributed by atoms with E-state index in [0.717, 1.165) is 12.8 Å². The van der Waals surface area contributed by atoms with Crippen molar-refractivity contribution in [3.05, 3.63) is 58.6 Å². The monoisotopic (exact) mass is 404 g/mol. The van der Waals surface area contributed by atoms with Crippen molar-refractivity contribution in [3.63, 3.8) is 0 Å². The first-order valence-electron chi connectivity index (χ1n) is 8.75. The van der Waals surface area contributed by atoms with E-state index in [0.29, 0.717) is 24.5 Å². The Morgan fingerprint density at radius 1 is 1.07 bits per heavy atom. The lowest BCUT2D eigenvalue weighted by molar-refractivity contribution is -0.384. The van der Waals surface area contributed by atoms with E-state index in [9.17, 15) is 23.3 Å². The maximum Gasteiger partial charge on any atom is 0.271 e. The number of carbonyl (C=O) groups is 1. The van der Waals surface area contributed by atoms with Gasteiger partial charge in [0.25, 0.3) is 5.69 Å². The molecule has 1 fully saturated rings. The highest BCUT2D eigenvalue weighted by Gasteiger charge is 2.27. The van der Waals surface area contributed by atoms with Crippen molar-refractivity contribution in [2.75, 3.05) is 30.3 Å². The number of hydrogen-bond acceptors (Lipinski definition) is 6. The van der Waals surface area contributed by atoms with Gasteiger partial charge in [-0.2, -0.15) is 4.31 Å². The van der Waals surface area contributed by atoms with E-state index in [1.165, 1.54) is 34.6 Å². The van der Waals surface area contributed by atoms with Crippen LogP contribution in [0.1, 0.15) is 12.8 Å². The number of non-ortho nitro benzene ring substituents is 1. The van der Waals surface area contributed by atoms with Crippen molar-refractivity contribution < 1.29 is 18.1 Å². The molecule has 0 radical (unpaired) electrons.